The number of hydrogen-bond donors (Lipinski definition) is 9. The lowest BCUT2D eigenvalue weighted by Gasteiger charge is -2.34. The lowest BCUT2D eigenvalue weighted by Crippen LogP contribution is -2.57. The van der Waals surface area contributed by atoms with E-state index in [0.29, 0.717) is 65.3 Å². The van der Waals surface area contributed by atoms with E-state index in [1.165, 1.54) is 6.20 Å². The third kappa shape index (κ3) is 13.0. The maximum absolute atomic E-state index is 13.4. The molecule has 2 aromatic heterocycles. The fraction of sp³-hybridized carbons (Fsp3) is 0.533. The van der Waals surface area contributed by atoms with Gasteiger partial charge in [0, 0.05) is 32.1 Å². The summed E-state index contributed by atoms with van der Waals surface area (Å²) >= 11 is 0. The molecule has 4 aliphatic carbocycles. The van der Waals surface area contributed by atoms with E-state index in [9.17, 15) is 34.2 Å². The molecule has 2 aromatic rings. The van der Waals surface area contributed by atoms with Crippen LogP contribution in [0, 0.1) is 35.5 Å². The minimum atomic E-state index is -1.27. The van der Waals surface area contributed by atoms with E-state index in [2.05, 4.69) is 81.9 Å². The van der Waals surface area contributed by atoms with E-state index in [0.717, 1.165) is 51.4 Å². The van der Waals surface area contributed by atoms with Crippen molar-refractivity contribution in [1.82, 2.24) is 42.1 Å². The smallest absolute Gasteiger partial charge is 0.407 e. The number of carboxylic acid groups (broad SMARTS) is 2. The third-order valence-electron chi connectivity index (χ3n) is 13.0. The second-order valence-electron chi connectivity index (χ2n) is 17.2. The first kappa shape index (κ1) is 45.5. The Bertz CT molecular complexity index is 1990. The monoisotopic (exact) mass is 881 g/mol. The summed E-state index contributed by atoms with van der Waals surface area (Å²) in [6.45, 7) is 0.0743. The molecule has 0 spiro atoms. The third-order valence-corrected chi connectivity index (χ3v) is 13.0. The van der Waals surface area contributed by atoms with Gasteiger partial charge in [0.15, 0.2) is 11.7 Å². The van der Waals surface area contributed by atoms with Crippen LogP contribution in [0.5, 0.6) is 0 Å². The number of rotatable bonds is 19. The molecule has 342 valence electrons. The van der Waals surface area contributed by atoms with Gasteiger partial charge in [-0.1, -0.05) is 30.4 Å². The van der Waals surface area contributed by atoms with Gasteiger partial charge >= 0.3 is 18.3 Å². The zero-order chi connectivity index (χ0) is 44.8. The largest absolute Gasteiger partial charge is 0.465 e. The molecule has 6 unspecified atom stereocenters. The van der Waals surface area contributed by atoms with E-state index >= 15 is 0 Å². The molecular weight excluding hydrogens is 823 g/mol. The van der Waals surface area contributed by atoms with E-state index in [4.69, 9.17) is 4.74 Å². The Morgan fingerprint density at radius 2 is 1.20 bits per heavy atom. The molecule has 0 aromatic carbocycles. The van der Waals surface area contributed by atoms with Crippen LogP contribution in [0.2, 0.25) is 0 Å². The summed E-state index contributed by atoms with van der Waals surface area (Å²) in [5.74, 6) is 2.44. The molecule has 3 heterocycles. The van der Waals surface area contributed by atoms with Crippen LogP contribution in [-0.2, 0) is 14.3 Å². The van der Waals surface area contributed by atoms with Crippen molar-refractivity contribution in [3.8, 4) is 0 Å². The number of ether oxygens (including phenoxy) is 1. The summed E-state index contributed by atoms with van der Waals surface area (Å²) in [4.78, 5) is 71.8. The first-order valence-corrected chi connectivity index (χ1v) is 22.5. The number of hydrogen-bond acceptors (Lipinski definition) is 12. The van der Waals surface area contributed by atoms with Crippen molar-refractivity contribution in [3.05, 3.63) is 78.4 Å². The molecule has 9 N–H and O–H groups in total. The molecular formula is C45H59N11O8. The van der Waals surface area contributed by atoms with Crippen molar-refractivity contribution in [2.75, 3.05) is 18.4 Å². The molecule has 0 saturated heterocycles. The van der Waals surface area contributed by atoms with E-state index in [1.807, 2.05) is 6.07 Å². The quantitative estimate of drug-likeness (QED) is 0.0663. The van der Waals surface area contributed by atoms with Crippen LogP contribution in [0.1, 0.15) is 94.9 Å². The highest BCUT2D eigenvalue weighted by atomic mass is 16.6. The van der Waals surface area contributed by atoms with Crippen molar-refractivity contribution < 1.29 is 38.9 Å². The predicted molar refractivity (Wildman–Crippen MR) is 237 cm³/mol. The molecule has 5 amide bonds. The zero-order valence-corrected chi connectivity index (χ0v) is 35.8. The molecule has 2 fully saturated rings. The molecule has 19 nitrogen and oxygen atoms in total. The lowest BCUT2D eigenvalue weighted by molar-refractivity contribution is -0.121. The number of nitrogens with one attached hydrogen (secondary N) is 7. The van der Waals surface area contributed by atoms with Gasteiger partial charge in [-0.2, -0.15) is 10.2 Å². The first-order chi connectivity index (χ1) is 31.1. The van der Waals surface area contributed by atoms with Gasteiger partial charge in [0.2, 0.25) is 11.8 Å². The van der Waals surface area contributed by atoms with Gasteiger partial charge in [-0.25, -0.2) is 14.4 Å². The van der Waals surface area contributed by atoms with E-state index in [1.54, 1.807) is 30.5 Å². The van der Waals surface area contributed by atoms with Gasteiger partial charge in [0.05, 0.1) is 24.0 Å². The van der Waals surface area contributed by atoms with Crippen LogP contribution in [0.4, 0.5) is 20.1 Å². The number of aromatic nitrogens is 2. The van der Waals surface area contributed by atoms with Gasteiger partial charge in [-0.15, -0.1) is 0 Å². The molecule has 19 heteroatoms. The Morgan fingerprint density at radius 1 is 0.672 bits per heavy atom. The summed E-state index contributed by atoms with van der Waals surface area (Å²) in [5, 5.41) is 41.9. The molecule has 0 bridgehead atoms. The number of alkyl carbamates (subject to hydrolysis) is 1. The average molecular weight is 882 g/mol. The number of nitrogens with zero attached hydrogens (tertiary/aromatic N) is 4. The number of carbonyl (C=O) groups is 5. The van der Waals surface area contributed by atoms with E-state index < -0.39 is 36.5 Å². The van der Waals surface area contributed by atoms with Gasteiger partial charge in [0.1, 0.15) is 17.5 Å². The van der Waals surface area contributed by atoms with Gasteiger partial charge in [-0.3, -0.25) is 30.4 Å². The maximum Gasteiger partial charge on any atom is 0.407 e. The SMILES string of the molecule is O=C(O)NC(CC1C2CC/C=C/CCC21)C(OC(=O)NCCNC(=O)CCCC(=O)Nc1ccc(C2=NNC(c3ccccn3)=NN2)nc1)C(CC1C2CC/C=C/CCC21)NC(=O)O. The molecule has 6 atom stereocenters. The van der Waals surface area contributed by atoms with Crippen molar-refractivity contribution in [2.24, 2.45) is 45.7 Å². The van der Waals surface area contributed by atoms with Crippen LogP contribution in [0.25, 0.3) is 0 Å². The number of amidine groups is 2. The summed E-state index contributed by atoms with van der Waals surface area (Å²) in [5.41, 5.74) is 7.29. The van der Waals surface area contributed by atoms with Crippen molar-refractivity contribution >= 4 is 47.5 Å². The Balaban J connectivity index is 0.866. The number of anilines is 1. The van der Waals surface area contributed by atoms with Gasteiger partial charge in [0.25, 0.3) is 0 Å². The Labute approximate surface area is 371 Å². The number of hydrazone groups is 2. The summed E-state index contributed by atoms with van der Waals surface area (Å²) in [6.07, 6.45) is 16.5. The molecule has 0 radical (unpaired) electrons. The highest BCUT2D eigenvalue weighted by Crippen LogP contribution is 2.57. The minimum absolute atomic E-state index is 0.00409. The van der Waals surface area contributed by atoms with Crippen molar-refractivity contribution in [3.63, 3.8) is 0 Å². The van der Waals surface area contributed by atoms with Crippen molar-refractivity contribution in [1.29, 1.82) is 0 Å². The van der Waals surface area contributed by atoms with Crippen LogP contribution >= 0.6 is 0 Å². The molecule has 1 aliphatic heterocycles. The highest BCUT2D eigenvalue weighted by Gasteiger charge is 2.53. The summed E-state index contributed by atoms with van der Waals surface area (Å²) in [6, 6.07) is 7.11. The number of allylic oxidation sites excluding steroid dienone is 4. The molecule has 64 heavy (non-hydrogen) atoms. The Kier molecular flexibility index (Phi) is 15.8. The van der Waals surface area contributed by atoms with Crippen LogP contribution in [0.15, 0.2) is 77.2 Å². The topological polar surface area (TPSA) is 270 Å². The molecule has 2 saturated carbocycles. The lowest BCUT2D eigenvalue weighted by atomic mass is 9.92. The van der Waals surface area contributed by atoms with Crippen LogP contribution in [0.3, 0.4) is 0 Å². The van der Waals surface area contributed by atoms with Crippen molar-refractivity contribution in [2.45, 2.75) is 102 Å². The Hall–Kier alpha value is -6.53. The fourth-order valence-electron chi connectivity index (χ4n) is 9.85. The average Bonchev–Trinajstić information content (AvgIpc) is 4.12. The minimum Gasteiger partial charge on any atom is -0.465 e. The second-order valence-corrected chi connectivity index (χ2v) is 17.2. The standard InChI is InChI=1S/C45H59N11O8/c57-38(17-11-18-39(58)50-27-19-20-35(49-26-27)42-55-53-41(54-56-42)34-16-9-10-21-46-34)47-22-23-48-45(63)64-40(36(51-43(59)60)24-32-28-12-5-1-2-6-13-29(28)32)37(52-44(61)62)25-33-30-14-7-3-4-8-15-31(30)33/h1-4,9-10,16,19-21,26,28-33,36-37,40,51-52H,5-8,11-15,17-18,22-25H2,(H,47,57)(H,48,63)(H,50,58)(H,53,54)(H,55,56)(H,59,60)(H,61,62)/b2-1+,4-3+. The highest BCUT2D eigenvalue weighted by molar-refractivity contribution is 6.04. The maximum atomic E-state index is 13.4. The predicted octanol–water partition coefficient (Wildman–Crippen LogP) is 5.05. The van der Waals surface area contributed by atoms with Crippen LogP contribution < -0.4 is 37.4 Å². The summed E-state index contributed by atoms with van der Waals surface area (Å²) in [7, 11) is 0. The Morgan fingerprint density at radius 3 is 1.69 bits per heavy atom. The van der Waals surface area contributed by atoms with E-state index in [-0.39, 0.29) is 56.0 Å². The first-order valence-electron chi connectivity index (χ1n) is 22.5. The number of carbonyl (C=O) groups excluding carboxylic acids is 3. The number of fused-ring (bicyclic) bond motifs is 2. The van der Waals surface area contributed by atoms with Gasteiger partial charge in [-0.05, 0) is 130 Å². The number of pyridine rings is 2. The van der Waals surface area contributed by atoms with Gasteiger partial charge < -0.3 is 41.5 Å². The van der Waals surface area contributed by atoms with Crippen LogP contribution in [-0.4, -0.2) is 93.2 Å². The second kappa shape index (κ2) is 22.2. The normalized spacial score (nSPS) is 25.4. The summed E-state index contributed by atoms with van der Waals surface area (Å²) < 4.78 is 6.04. The fourth-order valence-corrected chi connectivity index (χ4v) is 9.85. The number of amides is 5. The zero-order valence-electron chi connectivity index (χ0n) is 35.8. The molecule has 5 aliphatic rings. The molecule has 7 rings (SSSR count).